The average Bonchev–Trinajstić information content (AvgIpc) is 3.03. The van der Waals surface area contributed by atoms with Crippen LogP contribution in [-0.2, 0) is 0 Å². The van der Waals surface area contributed by atoms with E-state index in [1.807, 2.05) is 61.7 Å². The number of fused-ring (bicyclic) bond motifs is 1. The molecule has 0 bridgehead atoms. The molecule has 1 heterocycles. The van der Waals surface area contributed by atoms with Crippen molar-refractivity contribution in [3.05, 3.63) is 71.9 Å². The van der Waals surface area contributed by atoms with Crippen LogP contribution in [0.3, 0.4) is 0 Å². The van der Waals surface area contributed by atoms with Crippen LogP contribution in [-0.4, -0.2) is 22.0 Å². The summed E-state index contributed by atoms with van der Waals surface area (Å²) in [4.78, 5) is 15.6. The second-order valence-electron chi connectivity index (χ2n) is 5.78. The van der Waals surface area contributed by atoms with Gasteiger partial charge in [-0.05, 0) is 31.0 Å². The highest BCUT2D eigenvalue weighted by Gasteiger charge is 2.16. The van der Waals surface area contributed by atoms with Crippen molar-refractivity contribution in [2.75, 3.05) is 0 Å². The molecule has 0 radical (unpaired) electrons. The summed E-state index contributed by atoms with van der Waals surface area (Å²) < 4.78 is 0. The van der Waals surface area contributed by atoms with E-state index in [0.29, 0.717) is 12.0 Å². The van der Waals surface area contributed by atoms with Crippen LogP contribution >= 0.6 is 0 Å². The fourth-order valence-corrected chi connectivity index (χ4v) is 2.78. The predicted octanol–water partition coefficient (Wildman–Crippen LogP) is 3.41. The zero-order chi connectivity index (χ0) is 16.2. The van der Waals surface area contributed by atoms with Crippen LogP contribution in [0, 0.1) is 0 Å². The largest absolute Gasteiger partial charge is 0.388 e. The molecule has 3 aromatic rings. The summed E-state index contributed by atoms with van der Waals surface area (Å²) in [5, 5.41) is 14.2. The lowest BCUT2D eigenvalue weighted by Gasteiger charge is -2.18. The van der Waals surface area contributed by atoms with E-state index < -0.39 is 6.10 Å². The molecule has 0 aliphatic rings. The lowest BCUT2D eigenvalue weighted by molar-refractivity contribution is 0.0918. The molecule has 118 valence electrons. The predicted molar refractivity (Wildman–Crippen MR) is 91.2 cm³/mol. The summed E-state index contributed by atoms with van der Waals surface area (Å²) in [5.74, 6) is -0.134. The summed E-state index contributed by atoms with van der Waals surface area (Å²) in [6.07, 6.45) is 1.70. The molecule has 4 heteroatoms. The van der Waals surface area contributed by atoms with Crippen LogP contribution in [0.5, 0.6) is 0 Å². The van der Waals surface area contributed by atoms with Crippen LogP contribution in [0.25, 0.3) is 10.9 Å². The van der Waals surface area contributed by atoms with Crippen LogP contribution < -0.4 is 5.32 Å². The second kappa shape index (κ2) is 6.67. The van der Waals surface area contributed by atoms with Gasteiger partial charge in [-0.3, -0.25) is 4.79 Å². The maximum atomic E-state index is 12.5. The summed E-state index contributed by atoms with van der Waals surface area (Å²) in [7, 11) is 0. The van der Waals surface area contributed by atoms with Gasteiger partial charge in [0.05, 0.1) is 17.2 Å². The van der Waals surface area contributed by atoms with Crippen LogP contribution in [0.2, 0.25) is 0 Å². The minimum atomic E-state index is -0.590. The van der Waals surface area contributed by atoms with Crippen molar-refractivity contribution in [2.45, 2.75) is 25.5 Å². The monoisotopic (exact) mass is 308 g/mol. The van der Waals surface area contributed by atoms with Crippen molar-refractivity contribution in [2.24, 2.45) is 0 Å². The molecule has 0 unspecified atom stereocenters. The molecule has 0 fully saturated rings. The molecular weight excluding hydrogens is 288 g/mol. The third-order valence-corrected chi connectivity index (χ3v) is 3.97. The third kappa shape index (κ3) is 3.43. The number of benzene rings is 2. The number of nitrogens with one attached hydrogen (secondary N) is 2. The Morgan fingerprint density at radius 3 is 2.70 bits per heavy atom. The van der Waals surface area contributed by atoms with E-state index >= 15 is 0 Å². The van der Waals surface area contributed by atoms with Gasteiger partial charge in [-0.25, -0.2) is 0 Å². The molecule has 23 heavy (non-hydrogen) atoms. The molecule has 0 aliphatic carbocycles. The Morgan fingerprint density at radius 2 is 1.91 bits per heavy atom. The fourth-order valence-electron chi connectivity index (χ4n) is 2.78. The lowest BCUT2D eigenvalue weighted by Crippen LogP contribution is -2.33. The first kappa shape index (κ1) is 15.3. The lowest BCUT2D eigenvalue weighted by atomic mass is 10.0. The number of hydrogen-bond donors (Lipinski definition) is 3. The van der Waals surface area contributed by atoms with Crippen molar-refractivity contribution < 1.29 is 9.90 Å². The van der Waals surface area contributed by atoms with Crippen molar-refractivity contribution in [3.63, 3.8) is 0 Å². The van der Waals surface area contributed by atoms with E-state index in [4.69, 9.17) is 0 Å². The van der Waals surface area contributed by atoms with Gasteiger partial charge in [0.15, 0.2) is 0 Å². The smallest absolute Gasteiger partial charge is 0.253 e. The first-order valence-corrected chi connectivity index (χ1v) is 7.75. The van der Waals surface area contributed by atoms with Gasteiger partial charge in [-0.15, -0.1) is 0 Å². The molecule has 2 atom stereocenters. The number of aliphatic hydroxyl groups excluding tert-OH is 1. The van der Waals surface area contributed by atoms with Crippen molar-refractivity contribution in [1.29, 1.82) is 0 Å². The number of hydrogen-bond acceptors (Lipinski definition) is 2. The quantitative estimate of drug-likeness (QED) is 0.676. The zero-order valence-corrected chi connectivity index (χ0v) is 13.0. The van der Waals surface area contributed by atoms with E-state index in [1.165, 1.54) is 0 Å². The summed E-state index contributed by atoms with van der Waals surface area (Å²) >= 11 is 0. The van der Waals surface area contributed by atoms with Gasteiger partial charge in [-0.1, -0.05) is 42.5 Å². The number of aliphatic hydroxyl groups is 1. The molecule has 0 saturated heterocycles. The van der Waals surface area contributed by atoms with Crippen molar-refractivity contribution in [1.82, 2.24) is 10.3 Å². The Morgan fingerprint density at radius 1 is 1.13 bits per heavy atom. The Hall–Kier alpha value is -2.59. The third-order valence-electron chi connectivity index (χ3n) is 3.97. The SMILES string of the molecule is C[C@@H](C[C@H](O)c1ccccc1)NC(=O)c1cccc2cc[nH]c12. The molecule has 3 rings (SSSR count). The Labute approximate surface area is 135 Å². The Bertz CT molecular complexity index is 795. The van der Waals surface area contributed by atoms with Gasteiger partial charge in [0.2, 0.25) is 0 Å². The molecular formula is C19H20N2O2. The normalized spacial score (nSPS) is 13.7. The minimum absolute atomic E-state index is 0.134. The van der Waals surface area contributed by atoms with Crippen LogP contribution in [0.4, 0.5) is 0 Å². The van der Waals surface area contributed by atoms with Gasteiger partial charge in [-0.2, -0.15) is 0 Å². The maximum absolute atomic E-state index is 12.5. The Kier molecular flexibility index (Phi) is 4.44. The van der Waals surface area contributed by atoms with Gasteiger partial charge in [0, 0.05) is 17.6 Å². The number of carbonyl (C=O) groups is 1. The molecule has 1 aromatic heterocycles. The van der Waals surface area contributed by atoms with Crippen molar-refractivity contribution >= 4 is 16.8 Å². The number of para-hydroxylation sites is 1. The minimum Gasteiger partial charge on any atom is -0.388 e. The summed E-state index contributed by atoms with van der Waals surface area (Å²) in [6, 6.07) is 16.9. The molecule has 4 nitrogen and oxygen atoms in total. The number of aromatic nitrogens is 1. The number of aromatic amines is 1. The Balaban J connectivity index is 1.67. The standard InChI is InChI=1S/C19H20N2O2/c1-13(12-17(22)14-6-3-2-4-7-14)21-19(23)16-9-5-8-15-10-11-20-18(15)16/h2-11,13,17,20,22H,12H2,1H3,(H,21,23)/t13-,17-/m0/s1. The van der Waals surface area contributed by atoms with Crippen molar-refractivity contribution in [3.8, 4) is 0 Å². The second-order valence-corrected chi connectivity index (χ2v) is 5.78. The van der Waals surface area contributed by atoms with E-state index in [1.54, 1.807) is 6.07 Å². The molecule has 0 spiro atoms. The first-order valence-electron chi connectivity index (χ1n) is 7.75. The topological polar surface area (TPSA) is 65.1 Å². The molecule has 0 aliphatic heterocycles. The number of carbonyl (C=O) groups excluding carboxylic acids is 1. The van der Waals surface area contributed by atoms with Gasteiger partial charge >= 0.3 is 0 Å². The van der Waals surface area contributed by atoms with Gasteiger partial charge < -0.3 is 15.4 Å². The molecule has 1 amide bonds. The molecule has 3 N–H and O–H groups in total. The van der Waals surface area contributed by atoms with Crippen LogP contribution in [0.15, 0.2) is 60.8 Å². The zero-order valence-electron chi connectivity index (χ0n) is 13.0. The highest BCUT2D eigenvalue weighted by Crippen LogP contribution is 2.19. The fraction of sp³-hybridized carbons (Fsp3) is 0.211. The van der Waals surface area contributed by atoms with Gasteiger partial charge in [0.25, 0.3) is 5.91 Å². The van der Waals surface area contributed by atoms with Gasteiger partial charge in [0.1, 0.15) is 0 Å². The van der Waals surface area contributed by atoms with E-state index in [2.05, 4.69) is 10.3 Å². The average molecular weight is 308 g/mol. The van der Waals surface area contributed by atoms with E-state index in [9.17, 15) is 9.90 Å². The number of rotatable bonds is 5. The highest BCUT2D eigenvalue weighted by atomic mass is 16.3. The summed E-state index contributed by atoms with van der Waals surface area (Å²) in [5.41, 5.74) is 2.31. The van der Waals surface area contributed by atoms with E-state index in [-0.39, 0.29) is 11.9 Å². The number of H-pyrrole nitrogens is 1. The first-order chi connectivity index (χ1) is 11.1. The summed E-state index contributed by atoms with van der Waals surface area (Å²) in [6.45, 7) is 1.90. The number of amides is 1. The highest BCUT2D eigenvalue weighted by molar-refractivity contribution is 6.05. The van der Waals surface area contributed by atoms with E-state index in [0.717, 1.165) is 16.5 Å². The van der Waals surface area contributed by atoms with Crippen LogP contribution in [0.1, 0.15) is 35.4 Å². The maximum Gasteiger partial charge on any atom is 0.253 e. The molecule has 2 aromatic carbocycles. The molecule has 0 saturated carbocycles.